The van der Waals surface area contributed by atoms with Crippen LogP contribution in [0.25, 0.3) is 6.08 Å². The van der Waals surface area contributed by atoms with Crippen LogP contribution in [0, 0.1) is 6.92 Å². The van der Waals surface area contributed by atoms with E-state index in [9.17, 15) is 14.7 Å². The second kappa shape index (κ2) is 8.34. The van der Waals surface area contributed by atoms with Crippen LogP contribution in [0.4, 0.5) is 0 Å². The van der Waals surface area contributed by atoms with Crippen LogP contribution in [0.1, 0.15) is 31.9 Å². The molecule has 5 nitrogen and oxygen atoms in total. The van der Waals surface area contributed by atoms with E-state index in [0.29, 0.717) is 5.57 Å². The largest absolute Gasteiger partial charge is 0.464 e. The molecule has 0 spiro atoms. The minimum absolute atomic E-state index is 0.183. The molecule has 120 valence electrons. The second-order valence-electron chi connectivity index (χ2n) is 5.20. The van der Waals surface area contributed by atoms with Gasteiger partial charge in [0, 0.05) is 5.57 Å². The average molecular weight is 305 g/mol. The molecule has 0 fully saturated rings. The van der Waals surface area contributed by atoms with Gasteiger partial charge < -0.3 is 15.2 Å². The maximum atomic E-state index is 12.1. The Morgan fingerprint density at radius 1 is 1.32 bits per heavy atom. The topological polar surface area (TPSA) is 75.6 Å². The summed E-state index contributed by atoms with van der Waals surface area (Å²) in [5.41, 5.74) is 2.55. The van der Waals surface area contributed by atoms with E-state index < -0.39 is 18.1 Å². The fourth-order valence-electron chi connectivity index (χ4n) is 1.81. The zero-order valence-electron chi connectivity index (χ0n) is 13.4. The highest BCUT2D eigenvalue weighted by Crippen LogP contribution is 2.09. The van der Waals surface area contributed by atoms with Crippen molar-refractivity contribution in [3.8, 4) is 0 Å². The number of benzene rings is 1. The van der Waals surface area contributed by atoms with Crippen LogP contribution >= 0.6 is 0 Å². The molecule has 2 unspecified atom stereocenters. The molecule has 5 heteroatoms. The number of carbonyl (C=O) groups excluding carboxylic acids is 2. The number of aliphatic hydroxyl groups excluding tert-OH is 1. The quantitative estimate of drug-likeness (QED) is 0.621. The Labute approximate surface area is 131 Å². The van der Waals surface area contributed by atoms with Crippen molar-refractivity contribution in [1.82, 2.24) is 5.32 Å². The van der Waals surface area contributed by atoms with Gasteiger partial charge in [-0.15, -0.1) is 0 Å². The molecule has 2 N–H and O–H groups in total. The van der Waals surface area contributed by atoms with E-state index in [1.807, 2.05) is 31.2 Å². The molecule has 0 saturated heterocycles. The molecule has 0 aliphatic rings. The summed E-state index contributed by atoms with van der Waals surface area (Å²) in [6.07, 6.45) is 0.370. The summed E-state index contributed by atoms with van der Waals surface area (Å²) in [4.78, 5) is 23.5. The number of hydrogen-bond donors (Lipinski definition) is 2. The van der Waals surface area contributed by atoms with Crippen LogP contribution in [-0.2, 0) is 14.3 Å². The molecule has 2 atom stereocenters. The molecular formula is C17H23NO4. The average Bonchev–Trinajstić information content (AvgIpc) is 2.48. The van der Waals surface area contributed by atoms with E-state index in [0.717, 1.165) is 11.1 Å². The Morgan fingerprint density at radius 3 is 2.45 bits per heavy atom. The van der Waals surface area contributed by atoms with Gasteiger partial charge in [0.2, 0.25) is 5.91 Å². The first-order valence-electron chi connectivity index (χ1n) is 7.25. The van der Waals surface area contributed by atoms with Crippen molar-refractivity contribution in [2.24, 2.45) is 0 Å². The van der Waals surface area contributed by atoms with Crippen molar-refractivity contribution in [3.05, 3.63) is 41.0 Å². The molecule has 1 rings (SSSR count). The molecule has 0 saturated carbocycles. The summed E-state index contributed by atoms with van der Waals surface area (Å²) >= 11 is 0. The fourth-order valence-corrected chi connectivity index (χ4v) is 1.81. The molecular weight excluding hydrogens is 282 g/mol. The van der Waals surface area contributed by atoms with Crippen LogP contribution in [0.2, 0.25) is 0 Å². The molecule has 22 heavy (non-hydrogen) atoms. The molecule has 0 radical (unpaired) electrons. The summed E-state index contributed by atoms with van der Waals surface area (Å²) in [5, 5.41) is 12.4. The van der Waals surface area contributed by atoms with Gasteiger partial charge in [0.05, 0.1) is 12.6 Å². The van der Waals surface area contributed by atoms with Crippen molar-refractivity contribution < 1.29 is 19.4 Å². The van der Waals surface area contributed by atoms with Crippen molar-refractivity contribution in [1.29, 1.82) is 0 Å². The summed E-state index contributed by atoms with van der Waals surface area (Å²) in [5.74, 6) is -1.08. The number of hydrogen-bond acceptors (Lipinski definition) is 4. The summed E-state index contributed by atoms with van der Waals surface area (Å²) in [6, 6.07) is 7.04. The Hall–Kier alpha value is -2.14. The lowest BCUT2D eigenvalue weighted by molar-refractivity contribution is -0.154. The lowest BCUT2D eigenvalue weighted by atomic mass is 10.1. The van der Waals surface area contributed by atoms with Gasteiger partial charge in [0.25, 0.3) is 0 Å². The molecule has 0 heterocycles. The van der Waals surface area contributed by atoms with Crippen LogP contribution in [0.5, 0.6) is 0 Å². The number of amides is 1. The number of rotatable bonds is 6. The van der Waals surface area contributed by atoms with Gasteiger partial charge in [-0.1, -0.05) is 29.8 Å². The molecule has 1 aromatic rings. The van der Waals surface area contributed by atoms with Crippen molar-refractivity contribution in [3.63, 3.8) is 0 Å². The monoisotopic (exact) mass is 305 g/mol. The van der Waals surface area contributed by atoms with Gasteiger partial charge in [-0.05, 0) is 39.3 Å². The molecule has 1 aromatic carbocycles. The minimum Gasteiger partial charge on any atom is -0.464 e. The van der Waals surface area contributed by atoms with Gasteiger partial charge in [-0.25, -0.2) is 4.79 Å². The van der Waals surface area contributed by atoms with E-state index in [2.05, 4.69) is 5.32 Å². The maximum Gasteiger partial charge on any atom is 0.337 e. The Kier molecular flexibility index (Phi) is 6.79. The van der Waals surface area contributed by atoms with Crippen LogP contribution in [0.3, 0.4) is 0 Å². The summed E-state index contributed by atoms with van der Waals surface area (Å²) in [6.45, 7) is 7.06. The smallest absolute Gasteiger partial charge is 0.337 e. The van der Waals surface area contributed by atoms with Gasteiger partial charge in [0.15, 0.2) is 6.10 Å². The van der Waals surface area contributed by atoms with Crippen LogP contribution < -0.4 is 5.32 Å². The van der Waals surface area contributed by atoms with Crippen LogP contribution in [-0.4, -0.2) is 35.7 Å². The van der Waals surface area contributed by atoms with E-state index in [-0.39, 0.29) is 12.5 Å². The lowest BCUT2D eigenvalue weighted by Gasteiger charge is -2.19. The lowest BCUT2D eigenvalue weighted by Crippen LogP contribution is -2.45. The third-order valence-corrected chi connectivity index (χ3v) is 3.18. The predicted octanol–water partition coefficient (Wildman–Crippen LogP) is 1.83. The van der Waals surface area contributed by atoms with Crippen molar-refractivity contribution in [2.75, 3.05) is 6.61 Å². The van der Waals surface area contributed by atoms with Gasteiger partial charge in [0.1, 0.15) is 0 Å². The Morgan fingerprint density at radius 2 is 1.91 bits per heavy atom. The van der Waals surface area contributed by atoms with E-state index in [4.69, 9.17) is 4.74 Å². The fraction of sp³-hybridized carbons (Fsp3) is 0.412. The first-order chi connectivity index (χ1) is 10.3. The Balaban J connectivity index is 2.67. The normalized spacial score (nSPS) is 14.1. The number of ether oxygens (including phenoxy) is 1. The minimum atomic E-state index is -1.38. The van der Waals surface area contributed by atoms with Crippen LogP contribution in [0.15, 0.2) is 29.8 Å². The SMILES string of the molecule is CCOC(=O)C(O)C(C)NC(=O)/C(C)=C/c1ccc(C)cc1. The highest BCUT2D eigenvalue weighted by molar-refractivity contribution is 5.97. The van der Waals surface area contributed by atoms with Gasteiger partial charge in [-0.2, -0.15) is 0 Å². The highest BCUT2D eigenvalue weighted by atomic mass is 16.5. The van der Waals surface area contributed by atoms with E-state index >= 15 is 0 Å². The number of nitrogens with one attached hydrogen (secondary N) is 1. The standard InChI is InChI=1S/C17H23NO4/c1-5-22-17(21)15(19)13(4)18-16(20)12(3)10-14-8-6-11(2)7-9-14/h6-10,13,15,19H,5H2,1-4H3,(H,18,20)/b12-10+. The highest BCUT2D eigenvalue weighted by Gasteiger charge is 2.25. The summed E-state index contributed by atoms with van der Waals surface area (Å²) < 4.78 is 4.72. The number of aryl methyl sites for hydroxylation is 1. The van der Waals surface area contributed by atoms with E-state index in [1.165, 1.54) is 0 Å². The van der Waals surface area contributed by atoms with Gasteiger partial charge in [-0.3, -0.25) is 4.79 Å². The maximum absolute atomic E-state index is 12.1. The summed E-state index contributed by atoms with van der Waals surface area (Å²) in [7, 11) is 0. The van der Waals surface area contributed by atoms with Gasteiger partial charge >= 0.3 is 5.97 Å². The molecule has 1 amide bonds. The zero-order valence-corrected chi connectivity index (χ0v) is 13.4. The first-order valence-corrected chi connectivity index (χ1v) is 7.25. The second-order valence-corrected chi connectivity index (χ2v) is 5.20. The number of carbonyl (C=O) groups is 2. The zero-order chi connectivity index (χ0) is 16.7. The van der Waals surface area contributed by atoms with Crippen molar-refractivity contribution in [2.45, 2.75) is 39.8 Å². The number of esters is 1. The molecule has 0 aliphatic carbocycles. The van der Waals surface area contributed by atoms with Crippen molar-refractivity contribution >= 4 is 18.0 Å². The molecule has 0 aromatic heterocycles. The predicted molar refractivity (Wildman–Crippen MR) is 85.1 cm³/mol. The number of aliphatic hydroxyl groups is 1. The molecule has 0 aliphatic heterocycles. The Bertz CT molecular complexity index is 548. The van der Waals surface area contributed by atoms with E-state index in [1.54, 1.807) is 26.8 Å². The third-order valence-electron chi connectivity index (χ3n) is 3.18. The first kappa shape index (κ1) is 17.9. The third kappa shape index (κ3) is 5.33. The molecule has 0 bridgehead atoms.